The van der Waals surface area contributed by atoms with Gasteiger partial charge < -0.3 is 10.4 Å². The SMILES string of the molecule is CC.CCC(=O)NCCC(=O)O.CCCC[C@@H](CCc1ccncc1)C(C)=O. The summed E-state index contributed by atoms with van der Waals surface area (Å²) >= 11 is 0. The smallest absolute Gasteiger partial charge is 0.305 e. The highest BCUT2D eigenvalue weighted by Gasteiger charge is 2.13. The maximum atomic E-state index is 11.5. The number of nitrogens with one attached hydrogen (secondary N) is 1. The summed E-state index contributed by atoms with van der Waals surface area (Å²) in [5.41, 5.74) is 1.28. The summed E-state index contributed by atoms with van der Waals surface area (Å²) < 4.78 is 0. The number of ketones is 1. The molecular weight excluding hydrogens is 356 g/mol. The van der Waals surface area contributed by atoms with E-state index in [1.165, 1.54) is 12.0 Å². The van der Waals surface area contributed by atoms with Gasteiger partial charge >= 0.3 is 5.97 Å². The zero-order valence-electron chi connectivity index (χ0n) is 18.2. The molecule has 1 amide bonds. The number of aromatic nitrogens is 1. The van der Waals surface area contributed by atoms with E-state index in [2.05, 4.69) is 17.2 Å². The van der Waals surface area contributed by atoms with Crippen LogP contribution in [0.25, 0.3) is 0 Å². The van der Waals surface area contributed by atoms with Crippen LogP contribution in [-0.2, 0) is 20.8 Å². The maximum absolute atomic E-state index is 11.5. The number of rotatable bonds is 11. The molecule has 160 valence electrons. The van der Waals surface area contributed by atoms with E-state index >= 15 is 0 Å². The number of amides is 1. The van der Waals surface area contributed by atoms with E-state index in [0.29, 0.717) is 12.2 Å². The molecule has 0 saturated heterocycles. The first-order chi connectivity index (χ1) is 13.4. The molecule has 1 aromatic rings. The number of nitrogens with zero attached hydrogens (tertiary/aromatic N) is 1. The third kappa shape index (κ3) is 17.2. The average Bonchev–Trinajstić information content (AvgIpc) is 2.70. The zero-order chi connectivity index (χ0) is 21.8. The van der Waals surface area contributed by atoms with Gasteiger partial charge in [-0.3, -0.25) is 19.4 Å². The molecular formula is C22H38N2O4. The first-order valence-electron chi connectivity index (χ1n) is 10.3. The topological polar surface area (TPSA) is 96.4 Å². The molecule has 0 fully saturated rings. The number of hydrogen-bond acceptors (Lipinski definition) is 4. The molecule has 0 aliphatic rings. The van der Waals surface area contributed by atoms with Gasteiger partial charge in [-0.1, -0.05) is 40.5 Å². The minimum atomic E-state index is -0.892. The molecule has 1 aromatic heterocycles. The summed E-state index contributed by atoms with van der Waals surface area (Å²) in [6.45, 7) is 9.82. The van der Waals surface area contributed by atoms with Crippen LogP contribution < -0.4 is 5.32 Å². The fraction of sp³-hybridized carbons (Fsp3) is 0.636. The van der Waals surface area contributed by atoms with Gasteiger partial charge in [-0.25, -0.2) is 0 Å². The minimum Gasteiger partial charge on any atom is -0.481 e. The van der Waals surface area contributed by atoms with E-state index in [9.17, 15) is 14.4 Å². The molecule has 0 radical (unpaired) electrons. The summed E-state index contributed by atoms with van der Waals surface area (Å²) in [6, 6.07) is 4.05. The van der Waals surface area contributed by atoms with Crippen LogP contribution >= 0.6 is 0 Å². The van der Waals surface area contributed by atoms with Crippen LogP contribution in [0.2, 0.25) is 0 Å². The summed E-state index contributed by atoms with van der Waals surface area (Å²) in [6.07, 6.45) is 9.33. The number of aliphatic carboxylic acids is 1. The Bertz CT molecular complexity index is 533. The van der Waals surface area contributed by atoms with Gasteiger partial charge in [0.25, 0.3) is 0 Å². The molecule has 0 aliphatic heterocycles. The molecule has 0 saturated carbocycles. The first kappa shape index (κ1) is 28.0. The Labute approximate surface area is 170 Å². The highest BCUT2D eigenvalue weighted by Crippen LogP contribution is 2.16. The van der Waals surface area contributed by atoms with Gasteiger partial charge in [-0.05, 0) is 43.9 Å². The van der Waals surface area contributed by atoms with Crippen molar-refractivity contribution in [2.24, 2.45) is 5.92 Å². The van der Waals surface area contributed by atoms with E-state index in [1.807, 2.05) is 38.4 Å². The molecule has 6 heteroatoms. The number of hydrogen-bond donors (Lipinski definition) is 2. The first-order valence-corrected chi connectivity index (χ1v) is 10.3. The van der Waals surface area contributed by atoms with Crippen LogP contribution in [0.3, 0.4) is 0 Å². The molecule has 1 atom stereocenters. The lowest BCUT2D eigenvalue weighted by atomic mass is 9.92. The second kappa shape index (κ2) is 19.5. The summed E-state index contributed by atoms with van der Waals surface area (Å²) in [7, 11) is 0. The predicted molar refractivity (Wildman–Crippen MR) is 113 cm³/mol. The lowest BCUT2D eigenvalue weighted by molar-refractivity contribution is -0.137. The quantitative estimate of drug-likeness (QED) is 0.579. The van der Waals surface area contributed by atoms with E-state index in [-0.39, 0.29) is 24.8 Å². The largest absolute Gasteiger partial charge is 0.481 e. The second-order valence-electron chi connectivity index (χ2n) is 6.19. The van der Waals surface area contributed by atoms with Crippen molar-refractivity contribution in [3.63, 3.8) is 0 Å². The Kier molecular flexibility index (Phi) is 19.5. The Morgan fingerprint density at radius 1 is 1.11 bits per heavy atom. The van der Waals surface area contributed by atoms with Crippen molar-refractivity contribution < 1.29 is 19.5 Å². The van der Waals surface area contributed by atoms with Gasteiger partial charge in [-0.2, -0.15) is 0 Å². The average molecular weight is 395 g/mol. The number of carbonyl (C=O) groups excluding carboxylic acids is 2. The number of aryl methyl sites for hydroxylation is 1. The van der Waals surface area contributed by atoms with Crippen molar-refractivity contribution in [2.75, 3.05) is 6.54 Å². The van der Waals surface area contributed by atoms with Crippen LogP contribution in [0, 0.1) is 5.92 Å². The van der Waals surface area contributed by atoms with Crippen molar-refractivity contribution in [3.8, 4) is 0 Å². The number of carboxylic acid groups (broad SMARTS) is 1. The van der Waals surface area contributed by atoms with Crippen molar-refractivity contribution in [1.82, 2.24) is 10.3 Å². The van der Waals surface area contributed by atoms with Gasteiger partial charge in [0.05, 0.1) is 6.42 Å². The van der Waals surface area contributed by atoms with Gasteiger partial charge in [0.15, 0.2) is 0 Å². The summed E-state index contributed by atoms with van der Waals surface area (Å²) in [4.78, 5) is 35.9. The molecule has 1 rings (SSSR count). The number of Topliss-reactive ketones (excluding diaryl/α,β-unsaturated/α-hetero) is 1. The number of unbranched alkanes of at least 4 members (excludes halogenated alkanes) is 1. The third-order valence-electron chi connectivity index (χ3n) is 3.99. The monoisotopic (exact) mass is 394 g/mol. The lowest BCUT2D eigenvalue weighted by Gasteiger charge is -2.12. The molecule has 0 aromatic carbocycles. The maximum Gasteiger partial charge on any atom is 0.305 e. The minimum absolute atomic E-state index is 0.00819. The van der Waals surface area contributed by atoms with Crippen molar-refractivity contribution >= 4 is 17.7 Å². The molecule has 28 heavy (non-hydrogen) atoms. The van der Waals surface area contributed by atoms with E-state index in [0.717, 1.165) is 25.7 Å². The normalized spacial score (nSPS) is 10.5. The Morgan fingerprint density at radius 2 is 1.71 bits per heavy atom. The standard InChI is InChI=1S/C14H21NO.C6H11NO3.C2H6/c1-3-4-5-14(12(2)16)7-6-13-8-10-15-11-9-13;1-2-5(8)7-4-3-6(9)10;1-2/h8-11,14H,3-7H2,1-2H3;2-4H2,1H3,(H,7,8)(H,9,10);1-2H3/t14-;;/m0../s1. The van der Waals surface area contributed by atoms with Crippen LogP contribution in [0.4, 0.5) is 0 Å². The Balaban J connectivity index is 0. The fourth-order valence-corrected chi connectivity index (χ4v) is 2.33. The van der Waals surface area contributed by atoms with E-state index in [4.69, 9.17) is 5.11 Å². The zero-order valence-corrected chi connectivity index (χ0v) is 18.2. The van der Waals surface area contributed by atoms with E-state index < -0.39 is 5.97 Å². The van der Waals surface area contributed by atoms with Crippen molar-refractivity contribution in [3.05, 3.63) is 30.1 Å². The highest BCUT2D eigenvalue weighted by atomic mass is 16.4. The number of carbonyl (C=O) groups is 3. The molecule has 1 heterocycles. The lowest BCUT2D eigenvalue weighted by Crippen LogP contribution is -2.24. The Hall–Kier alpha value is -2.24. The number of pyridine rings is 1. The second-order valence-corrected chi connectivity index (χ2v) is 6.19. The van der Waals surface area contributed by atoms with Crippen LogP contribution in [0.1, 0.15) is 78.7 Å². The van der Waals surface area contributed by atoms with E-state index in [1.54, 1.807) is 13.8 Å². The molecule has 6 nitrogen and oxygen atoms in total. The fourth-order valence-electron chi connectivity index (χ4n) is 2.33. The Morgan fingerprint density at radius 3 is 2.18 bits per heavy atom. The summed E-state index contributed by atoms with van der Waals surface area (Å²) in [5.74, 6) is -0.423. The van der Waals surface area contributed by atoms with Crippen LogP contribution in [0.15, 0.2) is 24.5 Å². The highest BCUT2D eigenvalue weighted by molar-refractivity contribution is 5.78. The molecule has 0 spiro atoms. The molecule has 0 unspecified atom stereocenters. The van der Waals surface area contributed by atoms with Gasteiger partial charge in [0, 0.05) is 31.3 Å². The molecule has 0 aliphatic carbocycles. The van der Waals surface area contributed by atoms with Crippen LogP contribution in [-0.4, -0.2) is 34.3 Å². The molecule has 0 bridgehead atoms. The van der Waals surface area contributed by atoms with Crippen molar-refractivity contribution in [2.45, 2.75) is 79.6 Å². The van der Waals surface area contributed by atoms with Gasteiger partial charge in [0.1, 0.15) is 5.78 Å². The van der Waals surface area contributed by atoms with Gasteiger partial charge in [0.2, 0.25) is 5.91 Å². The molecule has 2 N–H and O–H groups in total. The van der Waals surface area contributed by atoms with Crippen LogP contribution in [0.5, 0.6) is 0 Å². The van der Waals surface area contributed by atoms with Gasteiger partial charge in [-0.15, -0.1) is 0 Å². The number of carboxylic acids is 1. The summed E-state index contributed by atoms with van der Waals surface area (Å²) in [5, 5.41) is 10.6. The van der Waals surface area contributed by atoms with Crippen molar-refractivity contribution in [1.29, 1.82) is 0 Å². The predicted octanol–water partition coefficient (Wildman–Crippen LogP) is 4.42. The third-order valence-corrected chi connectivity index (χ3v) is 3.99.